The molecule has 0 bridgehead atoms. The van der Waals surface area contributed by atoms with Crippen molar-refractivity contribution in [3.63, 3.8) is 0 Å². The van der Waals surface area contributed by atoms with Crippen molar-refractivity contribution in [3.05, 3.63) is 41.6 Å². The van der Waals surface area contributed by atoms with Crippen molar-refractivity contribution in [1.82, 2.24) is 9.97 Å². The van der Waals surface area contributed by atoms with Gasteiger partial charge in [-0.25, -0.2) is 4.98 Å². The Kier molecular flexibility index (Phi) is 2.63. The fourth-order valence-electron chi connectivity index (χ4n) is 2.47. The van der Waals surface area contributed by atoms with E-state index in [4.69, 9.17) is 5.73 Å². The minimum Gasteiger partial charge on any atom is -0.368 e. The Bertz CT molecular complexity index is 580. The van der Waals surface area contributed by atoms with Gasteiger partial charge in [-0.3, -0.25) is 0 Å². The van der Waals surface area contributed by atoms with Gasteiger partial charge in [0.15, 0.2) is 0 Å². The third-order valence-corrected chi connectivity index (χ3v) is 3.33. The maximum atomic E-state index is 5.71. The Balaban J connectivity index is 2.11. The second-order valence-corrected chi connectivity index (χ2v) is 4.62. The minimum atomic E-state index is 0.332. The van der Waals surface area contributed by atoms with Crippen LogP contribution in [0, 0.1) is 6.92 Å². The van der Waals surface area contributed by atoms with E-state index in [-0.39, 0.29) is 0 Å². The monoisotopic (exact) mass is 240 g/mol. The summed E-state index contributed by atoms with van der Waals surface area (Å²) in [5.41, 5.74) is 9.38. The molecule has 1 aromatic carbocycles. The van der Waals surface area contributed by atoms with Crippen molar-refractivity contribution in [1.29, 1.82) is 0 Å². The predicted octanol–water partition coefficient (Wildman–Crippen LogP) is 2.45. The van der Waals surface area contributed by atoms with E-state index in [9.17, 15) is 0 Å². The van der Waals surface area contributed by atoms with Crippen LogP contribution in [0.15, 0.2) is 30.5 Å². The van der Waals surface area contributed by atoms with Crippen molar-refractivity contribution < 1.29 is 0 Å². The molecular weight excluding hydrogens is 224 g/mol. The quantitative estimate of drug-likeness (QED) is 0.832. The third kappa shape index (κ3) is 1.79. The summed E-state index contributed by atoms with van der Waals surface area (Å²) >= 11 is 0. The first kappa shape index (κ1) is 11.0. The Morgan fingerprint density at radius 1 is 1.28 bits per heavy atom. The van der Waals surface area contributed by atoms with Gasteiger partial charge in [-0.2, -0.15) is 4.98 Å². The van der Waals surface area contributed by atoms with Crippen molar-refractivity contribution in [3.8, 4) is 0 Å². The molecule has 2 heterocycles. The Labute approximate surface area is 106 Å². The number of anilines is 3. The van der Waals surface area contributed by atoms with Crippen LogP contribution in [0.1, 0.15) is 17.5 Å². The average molecular weight is 240 g/mol. The zero-order valence-corrected chi connectivity index (χ0v) is 10.4. The van der Waals surface area contributed by atoms with Crippen LogP contribution in [0.5, 0.6) is 0 Å². The number of rotatable bonds is 1. The van der Waals surface area contributed by atoms with E-state index in [1.54, 1.807) is 6.20 Å². The molecule has 0 saturated heterocycles. The molecule has 0 aliphatic carbocycles. The standard InChI is InChI=1S/C14H16N4/c1-10-9-16-14(15)17-13(10)18-8-4-6-11-5-2-3-7-12(11)18/h2-3,5,7,9H,4,6,8H2,1H3,(H2,15,16,17). The molecule has 0 unspecified atom stereocenters. The third-order valence-electron chi connectivity index (χ3n) is 3.33. The molecular formula is C14H16N4. The zero-order chi connectivity index (χ0) is 12.5. The zero-order valence-electron chi connectivity index (χ0n) is 10.4. The lowest BCUT2D eigenvalue weighted by Crippen LogP contribution is -2.26. The van der Waals surface area contributed by atoms with Crippen molar-refractivity contribution in [2.24, 2.45) is 0 Å². The van der Waals surface area contributed by atoms with Gasteiger partial charge in [-0.15, -0.1) is 0 Å². The van der Waals surface area contributed by atoms with Crippen LogP contribution in [0.4, 0.5) is 17.5 Å². The highest BCUT2D eigenvalue weighted by molar-refractivity contribution is 5.67. The van der Waals surface area contributed by atoms with Crippen LogP contribution in [-0.2, 0) is 6.42 Å². The van der Waals surface area contributed by atoms with E-state index in [2.05, 4.69) is 39.1 Å². The SMILES string of the molecule is Cc1cnc(N)nc1N1CCCc2ccccc21. The number of aryl methyl sites for hydroxylation is 2. The number of nitrogens with zero attached hydrogens (tertiary/aromatic N) is 3. The van der Waals surface area contributed by atoms with Gasteiger partial charge in [0.2, 0.25) is 5.95 Å². The van der Waals surface area contributed by atoms with E-state index in [0.717, 1.165) is 30.8 Å². The summed E-state index contributed by atoms with van der Waals surface area (Å²) in [6, 6.07) is 8.48. The molecule has 0 atom stereocenters. The van der Waals surface area contributed by atoms with Crippen LogP contribution in [0.3, 0.4) is 0 Å². The van der Waals surface area contributed by atoms with Crippen LogP contribution >= 0.6 is 0 Å². The van der Waals surface area contributed by atoms with E-state index >= 15 is 0 Å². The van der Waals surface area contributed by atoms with Gasteiger partial charge >= 0.3 is 0 Å². The molecule has 3 rings (SSSR count). The second kappa shape index (κ2) is 4.29. The molecule has 4 heteroatoms. The Morgan fingerprint density at radius 3 is 3.00 bits per heavy atom. The first-order valence-electron chi connectivity index (χ1n) is 6.20. The van der Waals surface area contributed by atoms with Crippen LogP contribution in [-0.4, -0.2) is 16.5 Å². The number of para-hydroxylation sites is 1. The van der Waals surface area contributed by atoms with E-state index < -0.39 is 0 Å². The normalized spacial score (nSPS) is 14.4. The van der Waals surface area contributed by atoms with Crippen molar-refractivity contribution in [2.75, 3.05) is 17.2 Å². The second-order valence-electron chi connectivity index (χ2n) is 4.62. The first-order valence-corrected chi connectivity index (χ1v) is 6.20. The summed E-state index contributed by atoms with van der Waals surface area (Å²) in [5, 5.41) is 0. The predicted molar refractivity (Wildman–Crippen MR) is 73.0 cm³/mol. The highest BCUT2D eigenvalue weighted by Crippen LogP contribution is 2.33. The Hall–Kier alpha value is -2.10. The fraction of sp³-hybridized carbons (Fsp3) is 0.286. The topological polar surface area (TPSA) is 55.0 Å². The maximum absolute atomic E-state index is 5.71. The van der Waals surface area contributed by atoms with Gasteiger partial charge in [0, 0.05) is 24.0 Å². The molecule has 2 N–H and O–H groups in total. The largest absolute Gasteiger partial charge is 0.368 e. The minimum absolute atomic E-state index is 0.332. The van der Waals surface area contributed by atoms with E-state index in [1.807, 2.05) is 6.92 Å². The molecule has 2 aromatic rings. The molecule has 92 valence electrons. The molecule has 0 saturated carbocycles. The lowest BCUT2D eigenvalue weighted by molar-refractivity contribution is 0.757. The lowest BCUT2D eigenvalue weighted by Gasteiger charge is -2.31. The summed E-state index contributed by atoms with van der Waals surface area (Å²) in [6.45, 7) is 3.00. The number of hydrogen-bond donors (Lipinski definition) is 1. The number of hydrogen-bond acceptors (Lipinski definition) is 4. The smallest absolute Gasteiger partial charge is 0.221 e. The molecule has 0 spiro atoms. The number of aromatic nitrogens is 2. The summed E-state index contributed by atoms with van der Waals surface area (Å²) in [6.07, 6.45) is 4.06. The van der Waals surface area contributed by atoms with E-state index in [1.165, 1.54) is 11.3 Å². The molecule has 0 amide bonds. The lowest BCUT2D eigenvalue weighted by atomic mass is 10.0. The molecule has 4 nitrogen and oxygen atoms in total. The number of nitrogens with two attached hydrogens (primary N) is 1. The molecule has 1 aliphatic heterocycles. The van der Waals surface area contributed by atoms with Gasteiger partial charge in [-0.05, 0) is 31.4 Å². The number of nitrogen functional groups attached to an aromatic ring is 1. The van der Waals surface area contributed by atoms with Crippen LogP contribution in [0.25, 0.3) is 0 Å². The van der Waals surface area contributed by atoms with Gasteiger partial charge < -0.3 is 10.6 Å². The van der Waals surface area contributed by atoms with Crippen LogP contribution < -0.4 is 10.6 Å². The average Bonchev–Trinajstić information content (AvgIpc) is 2.41. The number of fused-ring (bicyclic) bond motifs is 1. The molecule has 1 aliphatic rings. The van der Waals surface area contributed by atoms with Gasteiger partial charge in [0.05, 0.1) is 0 Å². The summed E-state index contributed by atoms with van der Waals surface area (Å²) in [4.78, 5) is 10.7. The highest BCUT2D eigenvalue weighted by atomic mass is 15.2. The van der Waals surface area contributed by atoms with Crippen LogP contribution in [0.2, 0.25) is 0 Å². The maximum Gasteiger partial charge on any atom is 0.221 e. The molecule has 0 fully saturated rings. The first-order chi connectivity index (χ1) is 8.75. The summed E-state index contributed by atoms with van der Waals surface area (Å²) in [7, 11) is 0. The number of benzene rings is 1. The van der Waals surface area contributed by atoms with Gasteiger partial charge in [0.1, 0.15) is 5.82 Å². The van der Waals surface area contributed by atoms with Crippen molar-refractivity contribution >= 4 is 17.5 Å². The summed E-state index contributed by atoms with van der Waals surface area (Å²) < 4.78 is 0. The Morgan fingerprint density at radius 2 is 2.11 bits per heavy atom. The van der Waals surface area contributed by atoms with Crippen molar-refractivity contribution in [2.45, 2.75) is 19.8 Å². The van der Waals surface area contributed by atoms with E-state index in [0.29, 0.717) is 5.95 Å². The summed E-state index contributed by atoms with van der Waals surface area (Å²) in [5.74, 6) is 1.26. The fourth-order valence-corrected chi connectivity index (χ4v) is 2.47. The molecule has 18 heavy (non-hydrogen) atoms. The van der Waals surface area contributed by atoms with Gasteiger partial charge in [-0.1, -0.05) is 18.2 Å². The highest BCUT2D eigenvalue weighted by Gasteiger charge is 2.20. The molecule has 0 radical (unpaired) electrons. The van der Waals surface area contributed by atoms with Gasteiger partial charge in [0.25, 0.3) is 0 Å². The molecule has 1 aromatic heterocycles.